The maximum absolute atomic E-state index is 10.0. The quantitative estimate of drug-likeness (QED) is 0.631. The number of piperazine rings is 1. The van der Waals surface area contributed by atoms with Gasteiger partial charge in [0.15, 0.2) is 11.7 Å². The highest BCUT2D eigenvalue weighted by atomic mass is 16.5. The number of hydrogen-bond donors (Lipinski definition) is 2. The minimum Gasteiger partial charge on any atom is -0.506 e. The van der Waals surface area contributed by atoms with E-state index in [1.54, 1.807) is 6.07 Å². The summed E-state index contributed by atoms with van der Waals surface area (Å²) < 4.78 is 5.32. The van der Waals surface area contributed by atoms with E-state index in [1.165, 1.54) is 0 Å². The Morgan fingerprint density at radius 2 is 2.00 bits per heavy atom. The lowest BCUT2D eigenvalue weighted by Gasteiger charge is -2.37. The SMILES string of the molecule is CCNC(=NCc1cc(CC)no1)N1CCN(c2ccccc2O)CC1. The fraction of sp³-hybridized carbons (Fsp3) is 0.474. The summed E-state index contributed by atoms with van der Waals surface area (Å²) in [4.78, 5) is 9.15. The third-order valence-corrected chi connectivity index (χ3v) is 4.49. The average molecular weight is 357 g/mol. The van der Waals surface area contributed by atoms with Crippen molar-refractivity contribution in [3.8, 4) is 5.75 Å². The monoisotopic (exact) mass is 357 g/mol. The van der Waals surface area contributed by atoms with Crippen molar-refractivity contribution in [2.45, 2.75) is 26.8 Å². The summed E-state index contributed by atoms with van der Waals surface area (Å²) in [6.07, 6.45) is 0.863. The molecule has 2 N–H and O–H groups in total. The molecule has 0 bridgehead atoms. The molecule has 0 saturated carbocycles. The smallest absolute Gasteiger partial charge is 0.194 e. The second-order valence-corrected chi connectivity index (χ2v) is 6.27. The van der Waals surface area contributed by atoms with E-state index >= 15 is 0 Å². The molecule has 140 valence electrons. The van der Waals surface area contributed by atoms with Crippen molar-refractivity contribution in [2.75, 3.05) is 37.6 Å². The predicted molar refractivity (Wildman–Crippen MR) is 103 cm³/mol. The van der Waals surface area contributed by atoms with Crippen LogP contribution in [0.1, 0.15) is 25.3 Å². The molecule has 0 spiro atoms. The fourth-order valence-electron chi connectivity index (χ4n) is 3.07. The van der Waals surface area contributed by atoms with Crippen LogP contribution >= 0.6 is 0 Å². The highest BCUT2D eigenvalue weighted by Crippen LogP contribution is 2.27. The van der Waals surface area contributed by atoms with Gasteiger partial charge in [-0.25, -0.2) is 4.99 Å². The maximum atomic E-state index is 10.0. The zero-order valence-electron chi connectivity index (χ0n) is 15.5. The van der Waals surface area contributed by atoms with Gasteiger partial charge < -0.3 is 24.7 Å². The largest absolute Gasteiger partial charge is 0.506 e. The van der Waals surface area contributed by atoms with Crippen molar-refractivity contribution in [1.82, 2.24) is 15.4 Å². The van der Waals surface area contributed by atoms with E-state index in [4.69, 9.17) is 9.52 Å². The van der Waals surface area contributed by atoms with Crippen LogP contribution in [-0.4, -0.2) is 53.8 Å². The van der Waals surface area contributed by atoms with Gasteiger partial charge in [-0.2, -0.15) is 0 Å². The van der Waals surface area contributed by atoms with Gasteiger partial charge in [0.25, 0.3) is 0 Å². The van der Waals surface area contributed by atoms with Gasteiger partial charge >= 0.3 is 0 Å². The number of hydrogen-bond acceptors (Lipinski definition) is 5. The van der Waals surface area contributed by atoms with Gasteiger partial charge in [-0.3, -0.25) is 0 Å². The lowest BCUT2D eigenvalue weighted by Crippen LogP contribution is -2.52. The first-order valence-electron chi connectivity index (χ1n) is 9.22. The lowest BCUT2D eigenvalue weighted by atomic mass is 10.2. The van der Waals surface area contributed by atoms with Gasteiger partial charge in [0.2, 0.25) is 0 Å². The average Bonchev–Trinajstić information content (AvgIpc) is 3.14. The minimum absolute atomic E-state index is 0.332. The molecule has 0 amide bonds. The van der Waals surface area contributed by atoms with Gasteiger partial charge in [-0.15, -0.1) is 0 Å². The van der Waals surface area contributed by atoms with Gasteiger partial charge in [0.1, 0.15) is 12.3 Å². The molecule has 1 aromatic heterocycles. The van der Waals surface area contributed by atoms with Crippen molar-refractivity contribution in [3.63, 3.8) is 0 Å². The number of guanidine groups is 1. The molecule has 1 aromatic carbocycles. The van der Waals surface area contributed by atoms with Crippen LogP contribution in [0.2, 0.25) is 0 Å². The zero-order chi connectivity index (χ0) is 18.4. The highest BCUT2D eigenvalue weighted by Gasteiger charge is 2.21. The van der Waals surface area contributed by atoms with E-state index in [2.05, 4.69) is 34.1 Å². The highest BCUT2D eigenvalue weighted by molar-refractivity contribution is 5.80. The Hall–Kier alpha value is -2.70. The molecule has 0 unspecified atom stereocenters. The van der Waals surface area contributed by atoms with Crippen LogP contribution in [0.4, 0.5) is 5.69 Å². The second kappa shape index (κ2) is 8.60. The van der Waals surface area contributed by atoms with Crippen LogP contribution in [0, 0.1) is 0 Å². The second-order valence-electron chi connectivity index (χ2n) is 6.27. The Morgan fingerprint density at radius 1 is 1.23 bits per heavy atom. The number of rotatable bonds is 5. The molecule has 7 nitrogen and oxygen atoms in total. The first kappa shape index (κ1) is 18.1. The van der Waals surface area contributed by atoms with Gasteiger partial charge in [-0.1, -0.05) is 24.2 Å². The van der Waals surface area contributed by atoms with Crippen LogP contribution in [0.3, 0.4) is 0 Å². The number of phenolic OH excluding ortho intramolecular Hbond substituents is 1. The predicted octanol–water partition coefficient (Wildman–Crippen LogP) is 2.23. The Labute approximate surface area is 154 Å². The van der Waals surface area contributed by atoms with E-state index in [9.17, 15) is 5.11 Å². The van der Waals surface area contributed by atoms with Gasteiger partial charge in [-0.05, 0) is 25.5 Å². The molecule has 0 aliphatic carbocycles. The van der Waals surface area contributed by atoms with Crippen molar-refractivity contribution >= 4 is 11.6 Å². The van der Waals surface area contributed by atoms with E-state index in [1.807, 2.05) is 24.3 Å². The van der Waals surface area contributed by atoms with Crippen molar-refractivity contribution < 1.29 is 9.63 Å². The van der Waals surface area contributed by atoms with Crippen molar-refractivity contribution in [1.29, 1.82) is 0 Å². The molecule has 26 heavy (non-hydrogen) atoms. The maximum Gasteiger partial charge on any atom is 0.194 e. The Balaban J connectivity index is 1.62. The fourth-order valence-corrected chi connectivity index (χ4v) is 3.07. The van der Waals surface area contributed by atoms with Gasteiger partial charge in [0, 0.05) is 38.8 Å². The van der Waals surface area contributed by atoms with E-state index in [0.29, 0.717) is 12.3 Å². The molecule has 3 rings (SSSR count). The molecule has 2 heterocycles. The topological polar surface area (TPSA) is 77.1 Å². The number of phenols is 1. The van der Waals surface area contributed by atoms with E-state index < -0.39 is 0 Å². The minimum atomic E-state index is 0.332. The standard InChI is InChI=1S/C19H27N5O2/c1-3-15-13-16(26-22-15)14-21-19(20-4-2)24-11-9-23(10-12-24)17-7-5-6-8-18(17)25/h5-8,13,25H,3-4,9-12,14H2,1-2H3,(H,20,21). The van der Waals surface area contributed by atoms with Crippen LogP contribution in [0.15, 0.2) is 39.8 Å². The van der Waals surface area contributed by atoms with Crippen LogP contribution in [-0.2, 0) is 13.0 Å². The first-order chi connectivity index (χ1) is 12.7. The number of anilines is 1. The summed E-state index contributed by atoms with van der Waals surface area (Å²) in [7, 11) is 0. The molecule has 1 saturated heterocycles. The van der Waals surface area contributed by atoms with Gasteiger partial charge in [0.05, 0.1) is 11.4 Å². The molecule has 1 aliphatic rings. The van der Waals surface area contributed by atoms with E-state index in [-0.39, 0.29) is 0 Å². The summed E-state index contributed by atoms with van der Waals surface area (Å²) in [5, 5.41) is 17.4. The zero-order valence-corrected chi connectivity index (χ0v) is 15.5. The Morgan fingerprint density at radius 3 is 2.65 bits per heavy atom. The number of aromatic nitrogens is 1. The molecule has 1 aliphatic heterocycles. The number of aromatic hydroxyl groups is 1. The molecular weight excluding hydrogens is 330 g/mol. The number of benzene rings is 1. The number of aliphatic imine (C=N–C) groups is 1. The van der Waals surface area contributed by atoms with Crippen LogP contribution < -0.4 is 10.2 Å². The van der Waals surface area contributed by atoms with Crippen molar-refractivity contribution in [3.05, 3.63) is 41.8 Å². The number of nitrogens with one attached hydrogen (secondary N) is 1. The van der Waals surface area contributed by atoms with Crippen LogP contribution in [0.5, 0.6) is 5.75 Å². The normalized spacial score (nSPS) is 15.4. The van der Waals surface area contributed by atoms with Crippen molar-refractivity contribution in [2.24, 2.45) is 4.99 Å². The molecular formula is C19H27N5O2. The molecule has 1 fully saturated rings. The molecule has 7 heteroatoms. The van der Waals surface area contributed by atoms with E-state index in [0.717, 1.165) is 62.2 Å². The third-order valence-electron chi connectivity index (χ3n) is 4.49. The molecule has 0 atom stereocenters. The number of nitrogens with zero attached hydrogens (tertiary/aromatic N) is 4. The lowest BCUT2D eigenvalue weighted by molar-refractivity contribution is 0.363. The number of para-hydroxylation sites is 2. The third kappa shape index (κ3) is 4.28. The summed E-state index contributed by atoms with van der Waals surface area (Å²) in [5.41, 5.74) is 1.85. The van der Waals surface area contributed by atoms with Crippen LogP contribution in [0.25, 0.3) is 0 Å². The summed E-state index contributed by atoms with van der Waals surface area (Å²) in [6, 6.07) is 9.45. The summed E-state index contributed by atoms with van der Waals surface area (Å²) in [6.45, 7) is 8.78. The summed E-state index contributed by atoms with van der Waals surface area (Å²) >= 11 is 0. The Kier molecular flexibility index (Phi) is 5.99. The summed E-state index contributed by atoms with van der Waals surface area (Å²) in [5.74, 6) is 2.00. The first-order valence-corrected chi connectivity index (χ1v) is 9.22. The Bertz CT molecular complexity index is 735. The molecule has 0 radical (unpaired) electrons. The molecule has 2 aromatic rings. The number of aryl methyl sites for hydroxylation is 1.